The number of methoxy groups -OCH3 is 3. The molecule has 0 aliphatic heterocycles. The van der Waals surface area contributed by atoms with Crippen LogP contribution in [0.15, 0.2) is 12.7 Å². The molecule has 1 saturated carbocycles. The van der Waals surface area contributed by atoms with Crippen LogP contribution in [0.1, 0.15) is 12.8 Å². The van der Waals surface area contributed by atoms with E-state index in [0.29, 0.717) is 12.4 Å². The molecule has 14 heavy (non-hydrogen) atoms. The van der Waals surface area contributed by atoms with Gasteiger partial charge in [0.2, 0.25) is 0 Å². The van der Waals surface area contributed by atoms with Gasteiger partial charge < -0.3 is 14.2 Å². The Kier molecular flexibility index (Phi) is 6.16. The number of hydrogen-bond donors (Lipinski definition) is 0. The second kappa shape index (κ2) is 6.56. The van der Waals surface area contributed by atoms with Crippen molar-refractivity contribution >= 4 is 6.47 Å². The molecule has 0 atom stereocenters. The van der Waals surface area contributed by atoms with Crippen LogP contribution in [0, 0.1) is 5.92 Å². The highest BCUT2D eigenvalue weighted by Crippen LogP contribution is 2.41. The van der Waals surface area contributed by atoms with Crippen molar-refractivity contribution in [1.29, 1.82) is 0 Å². The Balaban J connectivity index is 0.000000364. The zero-order chi connectivity index (χ0) is 11.0. The Morgan fingerprint density at radius 3 is 1.93 bits per heavy atom. The van der Waals surface area contributed by atoms with Gasteiger partial charge in [-0.25, -0.2) is 0 Å². The number of allylic oxidation sites excluding steroid dienone is 1. The summed E-state index contributed by atoms with van der Waals surface area (Å²) in [4.78, 5) is 8.95. The van der Waals surface area contributed by atoms with Gasteiger partial charge in [-0.3, -0.25) is 4.79 Å². The highest BCUT2D eigenvalue weighted by Gasteiger charge is 2.43. The molecule has 82 valence electrons. The molecule has 0 aromatic heterocycles. The molecular weight excluding hydrogens is 184 g/mol. The predicted molar refractivity (Wildman–Crippen MR) is 52.7 cm³/mol. The van der Waals surface area contributed by atoms with Crippen LogP contribution in [0.25, 0.3) is 0 Å². The zero-order valence-corrected chi connectivity index (χ0v) is 8.99. The minimum Gasteiger partial charge on any atom is -0.471 e. The van der Waals surface area contributed by atoms with Crippen LogP contribution in [0.4, 0.5) is 0 Å². The van der Waals surface area contributed by atoms with Crippen molar-refractivity contribution in [3.8, 4) is 0 Å². The lowest BCUT2D eigenvalue weighted by Gasteiger charge is -2.43. The molecule has 0 aromatic carbocycles. The molecule has 0 amide bonds. The summed E-state index contributed by atoms with van der Waals surface area (Å²) in [5, 5.41) is 0. The van der Waals surface area contributed by atoms with E-state index in [1.807, 2.05) is 6.08 Å². The molecule has 0 heterocycles. The summed E-state index contributed by atoms with van der Waals surface area (Å²) in [5.74, 6) is 0.290. The van der Waals surface area contributed by atoms with Gasteiger partial charge in [0, 0.05) is 27.1 Å². The van der Waals surface area contributed by atoms with Crippen molar-refractivity contribution < 1.29 is 19.0 Å². The van der Waals surface area contributed by atoms with Crippen molar-refractivity contribution in [1.82, 2.24) is 0 Å². The Labute approximate surface area is 84.8 Å². The van der Waals surface area contributed by atoms with Crippen molar-refractivity contribution in [2.45, 2.75) is 18.6 Å². The molecule has 1 rings (SSSR count). The van der Waals surface area contributed by atoms with Crippen molar-refractivity contribution in [2.24, 2.45) is 5.92 Å². The number of rotatable bonds is 4. The summed E-state index contributed by atoms with van der Waals surface area (Å²) in [6, 6.07) is 0. The van der Waals surface area contributed by atoms with Gasteiger partial charge in [0.15, 0.2) is 5.79 Å². The normalized spacial score (nSPS) is 18.5. The van der Waals surface area contributed by atoms with Crippen molar-refractivity contribution in [3.05, 3.63) is 12.7 Å². The standard InChI is InChI=1S/C8H14O2.C2H4O2/c1-4-7-5-8(6-7,9-2)10-3;1-4-2-3/h4,7H,1,5-6H2,2-3H3;2H,1H3. The van der Waals surface area contributed by atoms with Gasteiger partial charge in [-0.1, -0.05) is 6.08 Å². The summed E-state index contributed by atoms with van der Waals surface area (Å²) >= 11 is 0. The highest BCUT2D eigenvalue weighted by atomic mass is 16.7. The molecule has 0 unspecified atom stereocenters. The lowest BCUT2D eigenvalue weighted by atomic mass is 9.79. The van der Waals surface area contributed by atoms with Gasteiger partial charge >= 0.3 is 0 Å². The fraction of sp³-hybridized carbons (Fsp3) is 0.700. The lowest BCUT2D eigenvalue weighted by Crippen LogP contribution is -2.46. The summed E-state index contributed by atoms with van der Waals surface area (Å²) < 4.78 is 14.2. The van der Waals surface area contributed by atoms with E-state index >= 15 is 0 Å². The van der Waals surface area contributed by atoms with E-state index in [-0.39, 0.29) is 5.79 Å². The van der Waals surface area contributed by atoms with Crippen LogP contribution in [-0.4, -0.2) is 33.6 Å². The van der Waals surface area contributed by atoms with Crippen molar-refractivity contribution in [2.75, 3.05) is 21.3 Å². The SMILES string of the molecule is C=CC1CC(OC)(OC)C1.COC=O. The van der Waals surface area contributed by atoms with Crippen LogP contribution in [-0.2, 0) is 19.0 Å². The first-order valence-corrected chi connectivity index (χ1v) is 4.37. The smallest absolute Gasteiger partial charge is 0.292 e. The molecule has 0 saturated heterocycles. The van der Waals surface area contributed by atoms with E-state index < -0.39 is 0 Å². The first kappa shape index (κ1) is 13.1. The number of carbonyl (C=O) groups excluding carboxylic acids is 1. The molecule has 0 spiro atoms. The Morgan fingerprint density at radius 2 is 1.71 bits per heavy atom. The van der Waals surface area contributed by atoms with E-state index in [4.69, 9.17) is 14.3 Å². The van der Waals surface area contributed by atoms with Gasteiger partial charge in [0.25, 0.3) is 6.47 Å². The Hall–Kier alpha value is -0.870. The molecule has 0 bridgehead atoms. The molecular formula is C10H18O4. The predicted octanol–water partition coefficient (Wildman–Crippen LogP) is 1.36. The fourth-order valence-electron chi connectivity index (χ4n) is 1.32. The molecule has 1 aliphatic rings. The monoisotopic (exact) mass is 202 g/mol. The number of hydrogen-bond acceptors (Lipinski definition) is 4. The summed E-state index contributed by atoms with van der Waals surface area (Å²) in [6.07, 6.45) is 3.85. The quantitative estimate of drug-likeness (QED) is 0.392. The van der Waals surface area contributed by atoms with Crippen LogP contribution in [0.3, 0.4) is 0 Å². The van der Waals surface area contributed by atoms with Crippen LogP contribution < -0.4 is 0 Å². The molecule has 4 heteroatoms. The topological polar surface area (TPSA) is 44.8 Å². The first-order valence-electron chi connectivity index (χ1n) is 4.37. The largest absolute Gasteiger partial charge is 0.471 e. The van der Waals surface area contributed by atoms with E-state index in [1.165, 1.54) is 7.11 Å². The van der Waals surface area contributed by atoms with Gasteiger partial charge in [-0.2, -0.15) is 0 Å². The van der Waals surface area contributed by atoms with E-state index in [9.17, 15) is 0 Å². The Bertz CT molecular complexity index is 167. The minimum absolute atomic E-state index is 0.293. The minimum atomic E-state index is -0.293. The average Bonchev–Trinajstić information content (AvgIpc) is 2.19. The van der Waals surface area contributed by atoms with E-state index in [1.54, 1.807) is 14.2 Å². The molecule has 1 fully saturated rings. The molecule has 1 aliphatic carbocycles. The van der Waals surface area contributed by atoms with Crippen LogP contribution in [0.2, 0.25) is 0 Å². The lowest BCUT2D eigenvalue weighted by molar-refractivity contribution is -0.263. The maximum Gasteiger partial charge on any atom is 0.292 e. The maximum absolute atomic E-state index is 8.95. The zero-order valence-electron chi connectivity index (χ0n) is 8.99. The third-order valence-corrected chi connectivity index (χ3v) is 2.32. The number of carbonyl (C=O) groups is 1. The average molecular weight is 202 g/mol. The molecule has 0 radical (unpaired) electrons. The highest BCUT2D eigenvalue weighted by molar-refractivity contribution is 5.36. The molecule has 4 nitrogen and oxygen atoms in total. The Morgan fingerprint density at radius 1 is 1.29 bits per heavy atom. The first-order chi connectivity index (χ1) is 6.67. The van der Waals surface area contributed by atoms with Gasteiger partial charge in [0.1, 0.15) is 0 Å². The van der Waals surface area contributed by atoms with Crippen LogP contribution >= 0.6 is 0 Å². The number of ether oxygens (including phenoxy) is 3. The maximum atomic E-state index is 8.95. The molecule has 0 aromatic rings. The van der Waals surface area contributed by atoms with Gasteiger partial charge in [-0.05, 0) is 5.92 Å². The second-order valence-electron chi connectivity index (χ2n) is 3.05. The van der Waals surface area contributed by atoms with Gasteiger partial charge in [-0.15, -0.1) is 6.58 Å². The van der Waals surface area contributed by atoms with E-state index in [0.717, 1.165) is 12.8 Å². The van der Waals surface area contributed by atoms with E-state index in [2.05, 4.69) is 11.3 Å². The fourth-order valence-corrected chi connectivity index (χ4v) is 1.32. The second-order valence-corrected chi connectivity index (χ2v) is 3.05. The van der Waals surface area contributed by atoms with Gasteiger partial charge in [0.05, 0.1) is 7.11 Å². The van der Waals surface area contributed by atoms with Crippen LogP contribution in [0.5, 0.6) is 0 Å². The summed E-state index contributed by atoms with van der Waals surface area (Å²) in [7, 11) is 4.68. The van der Waals surface area contributed by atoms with Crippen molar-refractivity contribution in [3.63, 3.8) is 0 Å². The third-order valence-electron chi connectivity index (χ3n) is 2.32. The summed E-state index contributed by atoms with van der Waals surface area (Å²) in [6.45, 7) is 4.08. The molecule has 0 N–H and O–H groups in total. The summed E-state index contributed by atoms with van der Waals surface area (Å²) in [5.41, 5.74) is 0. The third kappa shape index (κ3) is 3.47.